The van der Waals surface area contributed by atoms with Gasteiger partial charge in [0.25, 0.3) is 0 Å². The Balaban J connectivity index is 1.33. The van der Waals surface area contributed by atoms with Crippen LogP contribution in [0, 0.1) is 17.8 Å². The molecule has 0 bridgehead atoms. The first-order valence-corrected chi connectivity index (χ1v) is 13.9. The van der Waals surface area contributed by atoms with Gasteiger partial charge in [-0.1, -0.05) is 6.92 Å². The number of fused-ring (bicyclic) bond motifs is 1. The van der Waals surface area contributed by atoms with E-state index < -0.39 is 10.0 Å². The Kier molecular flexibility index (Phi) is 6.02. The Morgan fingerprint density at radius 2 is 1.67 bits per heavy atom. The third kappa shape index (κ3) is 4.32. The van der Waals surface area contributed by atoms with Crippen molar-refractivity contribution < 1.29 is 18.0 Å². The molecule has 4 aliphatic rings. The minimum Gasteiger partial charge on any atom is -0.342 e. The fourth-order valence-electron chi connectivity index (χ4n) is 5.79. The minimum atomic E-state index is -3.69. The van der Waals surface area contributed by atoms with Crippen LogP contribution in [0.25, 0.3) is 0 Å². The first kappa shape index (κ1) is 22.8. The van der Waals surface area contributed by atoms with Gasteiger partial charge in [-0.15, -0.1) is 0 Å². The van der Waals surface area contributed by atoms with Crippen LogP contribution in [-0.2, 0) is 26.0 Å². The monoisotopic (exact) mass is 473 g/mol. The molecule has 7 nitrogen and oxygen atoms in total. The molecule has 8 heteroatoms. The van der Waals surface area contributed by atoms with Gasteiger partial charge < -0.3 is 9.80 Å². The molecule has 0 aromatic heterocycles. The largest absolute Gasteiger partial charge is 0.342 e. The van der Waals surface area contributed by atoms with Crippen LogP contribution < -0.4 is 4.90 Å². The zero-order chi connectivity index (χ0) is 23.3. The van der Waals surface area contributed by atoms with Crippen molar-refractivity contribution in [2.45, 2.75) is 69.7 Å². The Morgan fingerprint density at radius 1 is 0.909 bits per heavy atom. The fraction of sp³-hybridized carbons (Fsp3) is 0.680. The average Bonchev–Trinajstić information content (AvgIpc) is 3.60. The predicted octanol–water partition coefficient (Wildman–Crippen LogP) is 3.03. The van der Waals surface area contributed by atoms with Crippen LogP contribution in [0.4, 0.5) is 5.69 Å². The van der Waals surface area contributed by atoms with Gasteiger partial charge in [0.05, 0.1) is 10.8 Å². The molecule has 1 aliphatic carbocycles. The maximum atomic E-state index is 13.5. The van der Waals surface area contributed by atoms with E-state index in [1.165, 1.54) is 4.31 Å². The van der Waals surface area contributed by atoms with Crippen LogP contribution in [0.2, 0.25) is 0 Å². The van der Waals surface area contributed by atoms with E-state index in [0.29, 0.717) is 25.3 Å². The van der Waals surface area contributed by atoms with Crippen molar-refractivity contribution in [2.75, 3.05) is 31.1 Å². The lowest BCUT2D eigenvalue weighted by molar-refractivity contribution is -0.138. The van der Waals surface area contributed by atoms with E-state index >= 15 is 0 Å². The smallest absolute Gasteiger partial charge is 0.243 e. The lowest BCUT2D eigenvalue weighted by Gasteiger charge is -2.37. The number of benzene rings is 1. The summed E-state index contributed by atoms with van der Waals surface area (Å²) in [6.07, 6.45) is 6.20. The van der Waals surface area contributed by atoms with Gasteiger partial charge in [0.2, 0.25) is 21.8 Å². The molecule has 2 amide bonds. The number of carbonyl (C=O) groups is 2. The van der Waals surface area contributed by atoms with Gasteiger partial charge in [0, 0.05) is 43.8 Å². The van der Waals surface area contributed by atoms with Crippen LogP contribution in [0.3, 0.4) is 0 Å². The minimum absolute atomic E-state index is 0.0509. The second kappa shape index (κ2) is 8.69. The molecule has 0 spiro atoms. The SMILES string of the molecule is C[C@@H]1CCCN(C(=O)[C@@H]2CCCN(S(=O)(=O)c3ccc4c(c3)C[C@H](C)N4C(=O)C3CC3)C2)C1. The third-order valence-corrected chi connectivity index (χ3v) is 9.63. The van der Waals surface area contributed by atoms with Gasteiger partial charge in [-0.3, -0.25) is 9.59 Å². The van der Waals surface area contributed by atoms with Gasteiger partial charge in [-0.2, -0.15) is 4.31 Å². The summed E-state index contributed by atoms with van der Waals surface area (Å²) < 4.78 is 28.5. The first-order valence-electron chi connectivity index (χ1n) is 12.5. The number of anilines is 1. The molecule has 3 fully saturated rings. The molecule has 3 aliphatic heterocycles. The first-order chi connectivity index (χ1) is 15.8. The lowest BCUT2D eigenvalue weighted by atomic mass is 9.94. The quantitative estimate of drug-likeness (QED) is 0.673. The fourth-order valence-corrected chi connectivity index (χ4v) is 7.36. The topological polar surface area (TPSA) is 78.0 Å². The van der Waals surface area contributed by atoms with Crippen molar-refractivity contribution >= 4 is 27.5 Å². The van der Waals surface area contributed by atoms with Crippen molar-refractivity contribution in [3.63, 3.8) is 0 Å². The van der Waals surface area contributed by atoms with Gasteiger partial charge >= 0.3 is 0 Å². The number of amides is 2. The Bertz CT molecular complexity index is 1050. The van der Waals surface area contributed by atoms with Crippen molar-refractivity contribution in [3.8, 4) is 0 Å². The molecule has 2 saturated heterocycles. The van der Waals surface area contributed by atoms with Gasteiger partial charge in [0.15, 0.2) is 0 Å². The van der Waals surface area contributed by atoms with Crippen LogP contribution in [0.5, 0.6) is 0 Å². The summed E-state index contributed by atoms with van der Waals surface area (Å²) in [5.74, 6) is 0.651. The van der Waals surface area contributed by atoms with E-state index in [4.69, 9.17) is 0 Å². The molecule has 3 heterocycles. The highest BCUT2D eigenvalue weighted by Gasteiger charge is 2.41. The van der Waals surface area contributed by atoms with Crippen LogP contribution in [-0.4, -0.2) is 61.7 Å². The summed E-state index contributed by atoms with van der Waals surface area (Å²) in [7, 11) is -3.69. The molecule has 33 heavy (non-hydrogen) atoms. The van der Waals surface area contributed by atoms with Crippen molar-refractivity contribution in [1.82, 2.24) is 9.21 Å². The van der Waals surface area contributed by atoms with Gasteiger partial charge in [-0.05, 0) is 81.5 Å². The number of nitrogens with zero attached hydrogens (tertiary/aromatic N) is 3. The number of carbonyl (C=O) groups excluding carboxylic acids is 2. The zero-order valence-corrected chi connectivity index (χ0v) is 20.5. The summed E-state index contributed by atoms with van der Waals surface area (Å²) in [6.45, 7) is 6.46. The maximum Gasteiger partial charge on any atom is 0.243 e. The van der Waals surface area contributed by atoms with E-state index in [2.05, 4.69) is 6.92 Å². The molecule has 180 valence electrons. The van der Waals surface area contributed by atoms with Crippen molar-refractivity contribution in [1.29, 1.82) is 0 Å². The molecule has 0 radical (unpaired) electrons. The Morgan fingerprint density at radius 3 is 2.39 bits per heavy atom. The molecule has 3 atom stereocenters. The molecule has 0 unspecified atom stereocenters. The summed E-state index contributed by atoms with van der Waals surface area (Å²) in [5, 5.41) is 0. The number of piperidine rings is 2. The molecule has 1 aromatic carbocycles. The molecule has 1 saturated carbocycles. The highest BCUT2D eigenvalue weighted by molar-refractivity contribution is 7.89. The average molecular weight is 474 g/mol. The molecule has 1 aromatic rings. The van der Waals surface area contributed by atoms with Crippen molar-refractivity contribution in [3.05, 3.63) is 23.8 Å². The zero-order valence-electron chi connectivity index (χ0n) is 19.7. The van der Waals surface area contributed by atoms with Gasteiger partial charge in [0.1, 0.15) is 0 Å². The number of hydrogen-bond acceptors (Lipinski definition) is 4. The molecular formula is C25H35N3O4S. The molecular weight excluding hydrogens is 438 g/mol. The van der Waals surface area contributed by atoms with Gasteiger partial charge in [-0.25, -0.2) is 8.42 Å². The number of sulfonamides is 1. The highest BCUT2D eigenvalue weighted by Crippen LogP contribution is 2.40. The van der Waals surface area contributed by atoms with E-state index in [0.717, 1.165) is 56.4 Å². The summed E-state index contributed by atoms with van der Waals surface area (Å²) in [4.78, 5) is 29.9. The number of hydrogen-bond donors (Lipinski definition) is 0. The molecule has 5 rings (SSSR count). The Hall–Kier alpha value is -1.93. The van der Waals surface area contributed by atoms with E-state index in [1.807, 2.05) is 16.7 Å². The van der Waals surface area contributed by atoms with E-state index in [-0.39, 0.29) is 41.1 Å². The van der Waals surface area contributed by atoms with Crippen LogP contribution >= 0.6 is 0 Å². The molecule has 0 N–H and O–H groups in total. The van der Waals surface area contributed by atoms with E-state index in [9.17, 15) is 18.0 Å². The summed E-state index contributed by atoms with van der Waals surface area (Å²) >= 11 is 0. The second-order valence-corrected chi connectivity index (χ2v) is 12.5. The highest BCUT2D eigenvalue weighted by atomic mass is 32.2. The summed E-state index contributed by atoms with van der Waals surface area (Å²) in [5.41, 5.74) is 1.77. The van der Waals surface area contributed by atoms with Crippen LogP contribution in [0.1, 0.15) is 57.9 Å². The lowest BCUT2D eigenvalue weighted by Crippen LogP contribution is -2.48. The standard InChI is InChI=1S/C25H35N3O4S/c1-17-5-3-11-26(15-17)24(29)20-6-4-12-27(16-20)33(31,32)22-9-10-23-21(14-22)13-18(2)28(23)25(30)19-7-8-19/h9-10,14,17-20H,3-8,11-13,15-16H2,1-2H3/t17-,18+,20-/m1/s1. The maximum absolute atomic E-state index is 13.5. The predicted molar refractivity (Wildman–Crippen MR) is 126 cm³/mol. The second-order valence-electron chi connectivity index (χ2n) is 10.6. The summed E-state index contributed by atoms with van der Waals surface area (Å²) in [6, 6.07) is 5.24. The van der Waals surface area contributed by atoms with Crippen LogP contribution in [0.15, 0.2) is 23.1 Å². The number of rotatable bonds is 4. The Labute approximate surface area is 197 Å². The normalized spacial score (nSPS) is 28.6. The van der Waals surface area contributed by atoms with E-state index in [1.54, 1.807) is 18.2 Å². The van der Waals surface area contributed by atoms with Crippen molar-refractivity contribution in [2.24, 2.45) is 17.8 Å². The number of likely N-dealkylation sites (tertiary alicyclic amines) is 1. The third-order valence-electron chi connectivity index (χ3n) is 7.77.